The van der Waals surface area contributed by atoms with Gasteiger partial charge < -0.3 is 11.1 Å². The molecule has 0 spiro atoms. The molecule has 0 aromatic heterocycles. The SMILES string of the molecule is NCc1ccc(Nc2ccc(F)cc2C(F)(F)P)cc1F. The molecule has 2 aromatic rings. The van der Waals surface area contributed by atoms with Gasteiger partial charge in [-0.25, -0.2) is 8.78 Å². The molecule has 0 aliphatic rings. The normalized spacial score (nSPS) is 11.5. The largest absolute Gasteiger partial charge is 0.355 e. The third kappa shape index (κ3) is 3.71. The molecule has 0 amide bonds. The van der Waals surface area contributed by atoms with E-state index in [4.69, 9.17) is 5.73 Å². The summed E-state index contributed by atoms with van der Waals surface area (Å²) in [6, 6.07) is 7.08. The minimum absolute atomic E-state index is 0.00343. The standard InChI is InChI=1S/C14H13F4N2P/c15-9-2-4-13(11(5-9)14(17,18)21)20-10-3-1-8(7-19)12(16)6-10/h1-6,20H,7,19,21H2. The van der Waals surface area contributed by atoms with E-state index in [1.165, 1.54) is 27.4 Å². The molecule has 0 heterocycles. The summed E-state index contributed by atoms with van der Waals surface area (Å²) in [4.78, 5) is 0. The Bertz CT molecular complexity index is 656. The molecule has 1 unspecified atom stereocenters. The van der Waals surface area contributed by atoms with Gasteiger partial charge in [0.05, 0.1) is 5.56 Å². The average Bonchev–Trinajstić information content (AvgIpc) is 2.40. The van der Waals surface area contributed by atoms with Gasteiger partial charge in [0.25, 0.3) is 5.66 Å². The maximum absolute atomic E-state index is 13.6. The highest BCUT2D eigenvalue weighted by Gasteiger charge is 2.28. The van der Waals surface area contributed by atoms with Crippen molar-refractivity contribution in [3.8, 4) is 0 Å². The number of hydrogen-bond acceptors (Lipinski definition) is 2. The molecule has 0 bridgehead atoms. The van der Waals surface area contributed by atoms with E-state index in [0.29, 0.717) is 5.56 Å². The molecule has 0 saturated carbocycles. The Morgan fingerprint density at radius 3 is 2.38 bits per heavy atom. The van der Waals surface area contributed by atoms with Crippen molar-refractivity contribution in [3.05, 3.63) is 59.2 Å². The van der Waals surface area contributed by atoms with Crippen molar-refractivity contribution in [2.45, 2.75) is 12.2 Å². The van der Waals surface area contributed by atoms with E-state index >= 15 is 0 Å². The number of rotatable bonds is 4. The first kappa shape index (κ1) is 15.7. The zero-order valence-electron chi connectivity index (χ0n) is 10.8. The summed E-state index contributed by atoms with van der Waals surface area (Å²) in [5, 5.41) is 2.66. The van der Waals surface area contributed by atoms with E-state index in [1.54, 1.807) is 0 Å². The molecule has 7 heteroatoms. The number of nitrogens with one attached hydrogen (secondary N) is 1. The Morgan fingerprint density at radius 2 is 1.81 bits per heavy atom. The Hall–Kier alpha value is -1.65. The molecule has 0 aliphatic carbocycles. The molecule has 0 fully saturated rings. The summed E-state index contributed by atoms with van der Waals surface area (Å²) in [6.45, 7) is 0.0393. The Labute approximate surface area is 121 Å². The van der Waals surface area contributed by atoms with E-state index in [0.717, 1.165) is 18.2 Å². The second-order valence-electron chi connectivity index (χ2n) is 4.45. The van der Waals surface area contributed by atoms with Crippen LogP contribution in [0.1, 0.15) is 11.1 Å². The minimum atomic E-state index is -3.31. The molecule has 0 aliphatic heterocycles. The first-order chi connectivity index (χ1) is 9.81. The van der Waals surface area contributed by atoms with Crippen LogP contribution >= 0.6 is 9.24 Å². The molecule has 0 radical (unpaired) electrons. The van der Waals surface area contributed by atoms with E-state index in [2.05, 4.69) is 5.32 Å². The van der Waals surface area contributed by atoms with Crippen LogP contribution in [-0.4, -0.2) is 0 Å². The number of halogens is 4. The molecular formula is C14H13F4N2P. The molecule has 112 valence electrons. The molecule has 2 rings (SSSR count). The third-order valence-electron chi connectivity index (χ3n) is 2.89. The second kappa shape index (κ2) is 6.00. The highest BCUT2D eigenvalue weighted by atomic mass is 31.0. The molecule has 2 nitrogen and oxygen atoms in total. The van der Waals surface area contributed by atoms with Gasteiger partial charge in [-0.3, -0.25) is 0 Å². The van der Waals surface area contributed by atoms with Gasteiger partial charge in [0, 0.05) is 23.5 Å². The number of benzene rings is 2. The van der Waals surface area contributed by atoms with Crippen molar-refractivity contribution in [1.29, 1.82) is 0 Å². The van der Waals surface area contributed by atoms with Crippen LogP contribution in [0.4, 0.5) is 28.9 Å². The number of hydrogen-bond donors (Lipinski definition) is 2. The zero-order chi connectivity index (χ0) is 15.6. The van der Waals surface area contributed by atoms with Crippen LogP contribution in [0.25, 0.3) is 0 Å². The third-order valence-corrected chi connectivity index (χ3v) is 3.20. The van der Waals surface area contributed by atoms with Crippen LogP contribution in [0.2, 0.25) is 0 Å². The predicted octanol–water partition coefficient (Wildman–Crippen LogP) is 4.09. The predicted molar refractivity (Wildman–Crippen MR) is 77.6 cm³/mol. The van der Waals surface area contributed by atoms with Gasteiger partial charge in [0.2, 0.25) is 0 Å². The monoisotopic (exact) mass is 316 g/mol. The number of alkyl halides is 2. The van der Waals surface area contributed by atoms with Gasteiger partial charge >= 0.3 is 0 Å². The van der Waals surface area contributed by atoms with Crippen LogP contribution < -0.4 is 11.1 Å². The van der Waals surface area contributed by atoms with Gasteiger partial charge in [0.1, 0.15) is 11.6 Å². The van der Waals surface area contributed by atoms with Gasteiger partial charge in [0.15, 0.2) is 0 Å². The molecule has 0 saturated heterocycles. The van der Waals surface area contributed by atoms with Crippen LogP contribution in [0.15, 0.2) is 36.4 Å². The van der Waals surface area contributed by atoms with Crippen molar-refractivity contribution in [1.82, 2.24) is 0 Å². The van der Waals surface area contributed by atoms with Crippen molar-refractivity contribution in [2.24, 2.45) is 5.73 Å². The smallest absolute Gasteiger partial charge is 0.285 e. The first-order valence-electron chi connectivity index (χ1n) is 6.03. The molecular weight excluding hydrogens is 303 g/mol. The topological polar surface area (TPSA) is 38.0 Å². The highest BCUT2D eigenvalue weighted by Crippen LogP contribution is 2.40. The highest BCUT2D eigenvalue weighted by molar-refractivity contribution is 7.17. The Balaban J connectivity index is 2.38. The van der Waals surface area contributed by atoms with Crippen LogP contribution in [-0.2, 0) is 12.2 Å². The molecule has 2 aromatic carbocycles. The van der Waals surface area contributed by atoms with Gasteiger partial charge in [-0.15, -0.1) is 0 Å². The van der Waals surface area contributed by atoms with Gasteiger partial charge in [-0.05, 0) is 30.3 Å². The maximum Gasteiger partial charge on any atom is 0.285 e. The average molecular weight is 316 g/mol. The van der Waals surface area contributed by atoms with Crippen molar-refractivity contribution in [2.75, 3.05) is 5.32 Å². The first-order valence-corrected chi connectivity index (χ1v) is 6.61. The number of anilines is 2. The summed E-state index contributed by atoms with van der Waals surface area (Å²) in [5.41, 5.74) is 2.09. The van der Waals surface area contributed by atoms with Crippen LogP contribution in [0.5, 0.6) is 0 Å². The lowest BCUT2D eigenvalue weighted by Gasteiger charge is -2.17. The van der Waals surface area contributed by atoms with E-state index in [9.17, 15) is 17.6 Å². The van der Waals surface area contributed by atoms with E-state index in [1.807, 2.05) is 0 Å². The Morgan fingerprint density at radius 1 is 1.10 bits per heavy atom. The molecule has 21 heavy (non-hydrogen) atoms. The van der Waals surface area contributed by atoms with Crippen LogP contribution in [0.3, 0.4) is 0 Å². The number of nitrogens with two attached hydrogens (primary N) is 1. The summed E-state index contributed by atoms with van der Waals surface area (Å²) in [6.07, 6.45) is 0. The Kier molecular flexibility index (Phi) is 4.49. The fourth-order valence-electron chi connectivity index (χ4n) is 1.85. The fourth-order valence-corrected chi connectivity index (χ4v) is 2.09. The lowest BCUT2D eigenvalue weighted by atomic mass is 10.1. The maximum atomic E-state index is 13.6. The summed E-state index contributed by atoms with van der Waals surface area (Å²) in [5.74, 6) is -1.31. The quantitative estimate of drug-likeness (QED) is 0.658. The van der Waals surface area contributed by atoms with Crippen molar-refractivity contribution in [3.63, 3.8) is 0 Å². The second-order valence-corrected chi connectivity index (χ2v) is 5.17. The summed E-state index contributed by atoms with van der Waals surface area (Å²) in [7, 11) is 1.35. The summed E-state index contributed by atoms with van der Waals surface area (Å²) < 4.78 is 53.7. The van der Waals surface area contributed by atoms with Gasteiger partial charge in [-0.1, -0.05) is 15.3 Å². The zero-order valence-corrected chi connectivity index (χ0v) is 12.0. The van der Waals surface area contributed by atoms with Gasteiger partial charge in [-0.2, -0.15) is 8.78 Å². The minimum Gasteiger partial charge on any atom is -0.355 e. The lowest BCUT2D eigenvalue weighted by Crippen LogP contribution is -2.08. The lowest BCUT2D eigenvalue weighted by molar-refractivity contribution is 0.104. The summed E-state index contributed by atoms with van der Waals surface area (Å²) >= 11 is 0. The van der Waals surface area contributed by atoms with E-state index < -0.39 is 22.9 Å². The van der Waals surface area contributed by atoms with E-state index in [-0.39, 0.29) is 17.9 Å². The van der Waals surface area contributed by atoms with Crippen molar-refractivity contribution < 1.29 is 17.6 Å². The van der Waals surface area contributed by atoms with Crippen molar-refractivity contribution >= 4 is 20.6 Å². The fraction of sp³-hybridized carbons (Fsp3) is 0.143. The molecule has 3 N–H and O–H groups in total. The molecule has 1 atom stereocenters. The van der Waals surface area contributed by atoms with Crippen LogP contribution in [0, 0.1) is 11.6 Å².